The summed E-state index contributed by atoms with van der Waals surface area (Å²) in [4.78, 5) is 15.0. The zero-order valence-corrected chi connectivity index (χ0v) is 17.9. The molecule has 1 heterocycles. The van der Waals surface area contributed by atoms with Crippen LogP contribution in [0.4, 0.5) is 0 Å². The van der Waals surface area contributed by atoms with Crippen molar-refractivity contribution in [3.63, 3.8) is 0 Å². The van der Waals surface area contributed by atoms with E-state index in [0.29, 0.717) is 28.8 Å². The largest absolute Gasteiger partial charge is 0.489 e. The van der Waals surface area contributed by atoms with E-state index in [-0.39, 0.29) is 11.3 Å². The number of carbonyl (C=O) groups excluding carboxylic acids is 1. The Morgan fingerprint density at radius 3 is 2.55 bits per heavy atom. The smallest absolute Gasteiger partial charge is 0.255 e. The van der Waals surface area contributed by atoms with Gasteiger partial charge in [0.2, 0.25) is 0 Å². The van der Waals surface area contributed by atoms with Crippen molar-refractivity contribution in [2.75, 3.05) is 12.3 Å². The first-order chi connectivity index (χ1) is 14.1. The molecule has 1 fully saturated rings. The maximum absolute atomic E-state index is 13.2. The van der Waals surface area contributed by atoms with Crippen molar-refractivity contribution in [3.05, 3.63) is 99.5 Å². The van der Waals surface area contributed by atoms with Gasteiger partial charge in [-0.05, 0) is 29.8 Å². The molecule has 1 saturated heterocycles. The van der Waals surface area contributed by atoms with E-state index in [2.05, 4.69) is 0 Å². The number of rotatable bonds is 5. The van der Waals surface area contributed by atoms with Crippen LogP contribution in [0.5, 0.6) is 5.75 Å². The first-order valence-corrected chi connectivity index (χ1v) is 11.1. The van der Waals surface area contributed by atoms with Gasteiger partial charge in [-0.3, -0.25) is 4.79 Å². The van der Waals surface area contributed by atoms with Gasteiger partial charge in [-0.15, -0.1) is 11.8 Å². The number of hydrogen-bond acceptors (Lipinski definition) is 3. The molecule has 0 spiro atoms. The molecule has 1 aliphatic heterocycles. The summed E-state index contributed by atoms with van der Waals surface area (Å²) in [6, 6.07) is 23.0. The van der Waals surface area contributed by atoms with Crippen molar-refractivity contribution in [1.82, 2.24) is 4.90 Å². The second-order valence-electron chi connectivity index (χ2n) is 6.66. The van der Waals surface area contributed by atoms with Crippen LogP contribution >= 0.6 is 35.0 Å². The van der Waals surface area contributed by atoms with Crippen LogP contribution in [0.3, 0.4) is 0 Å². The summed E-state index contributed by atoms with van der Waals surface area (Å²) < 4.78 is 6.11. The van der Waals surface area contributed by atoms with Gasteiger partial charge >= 0.3 is 0 Å². The van der Waals surface area contributed by atoms with Crippen LogP contribution in [-0.4, -0.2) is 23.1 Å². The molecule has 0 saturated carbocycles. The third kappa shape index (κ3) is 4.55. The lowest BCUT2D eigenvalue weighted by Crippen LogP contribution is -2.30. The summed E-state index contributed by atoms with van der Waals surface area (Å²) in [5.74, 6) is 1.60. The van der Waals surface area contributed by atoms with Gasteiger partial charge in [0.15, 0.2) is 0 Å². The fraction of sp³-hybridized carbons (Fsp3) is 0.174. The van der Waals surface area contributed by atoms with Gasteiger partial charge in [0, 0.05) is 23.4 Å². The van der Waals surface area contributed by atoms with Crippen LogP contribution in [-0.2, 0) is 6.61 Å². The monoisotopic (exact) mass is 443 g/mol. The van der Waals surface area contributed by atoms with Crippen LogP contribution in [0, 0.1) is 0 Å². The second-order valence-corrected chi connectivity index (χ2v) is 8.67. The van der Waals surface area contributed by atoms with Crippen molar-refractivity contribution >= 4 is 40.9 Å². The Labute approximate surface area is 184 Å². The number of hydrogen-bond donors (Lipinski definition) is 0. The molecule has 3 nitrogen and oxygen atoms in total. The molecule has 3 aromatic carbocycles. The Kier molecular flexibility index (Phi) is 6.34. The van der Waals surface area contributed by atoms with E-state index >= 15 is 0 Å². The van der Waals surface area contributed by atoms with Gasteiger partial charge in [0.1, 0.15) is 17.7 Å². The van der Waals surface area contributed by atoms with E-state index < -0.39 is 0 Å². The third-order valence-corrected chi connectivity index (χ3v) is 6.72. The predicted molar refractivity (Wildman–Crippen MR) is 120 cm³/mol. The Morgan fingerprint density at radius 2 is 1.76 bits per heavy atom. The number of ether oxygens (including phenoxy) is 1. The standard InChI is InChI=1S/C23H19Cl2NO2S/c24-19-11-10-17(14-20(19)25)22(27)26-12-13-29-23(26)18-8-4-5-9-21(18)28-15-16-6-2-1-3-7-16/h1-11,14,23H,12-13,15H2. The number of benzene rings is 3. The third-order valence-electron chi connectivity index (χ3n) is 4.74. The Hall–Kier alpha value is -2.14. The average Bonchev–Trinajstić information content (AvgIpc) is 3.24. The number of para-hydroxylation sites is 1. The number of thioether (sulfide) groups is 1. The molecule has 1 unspecified atom stereocenters. The van der Waals surface area contributed by atoms with Crippen molar-refractivity contribution in [3.8, 4) is 5.75 Å². The van der Waals surface area contributed by atoms with E-state index in [0.717, 1.165) is 22.6 Å². The fourth-order valence-electron chi connectivity index (χ4n) is 3.28. The minimum absolute atomic E-state index is 0.0589. The van der Waals surface area contributed by atoms with Crippen molar-refractivity contribution in [1.29, 1.82) is 0 Å². The maximum Gasteiger partial charge on any atom is 0.255 e. The van der Waals surface area contributed by atoms with Crippen LogP contribution in [0.1, 0.15) is 26.9 Å². The zero-order chi connectivity index (χ0) is 20.2. The van der Waals surface area contributed by atoms with Crippen LogP contribution in [0.25, 0.3) is 0 Å². The van der Waals surface area contributed by atoms with Crippen molar-refractivity contribution < 1.29 is 9.53 Å². The highest BCUT2D eigenvalue weighted by Crippen LogP contribution is 2.42. The van der Waals surface area contributed by atoms with E-state index in [1.165, 1.54) is 0 Å². The summed E-state index contributed by atoms with van der Waals surface area (Å²) in [5, 5.41) is 0.714. The molecule has 29 heavy (non-hydrogen) atoms. The Morgan fingerprint density at radius 1 is 1.00 bits per heavy atom. The molecule has 1 amide bonds. The van der Waals surface area contributed by atoms with Crippen LogP contribution in [0.2, 0.25) is 10.0 Å². The number of amides is 1. The van der Waals surface area contributed by atoms with E-state index in [9.17, 15) is 4.79 Å². The molecule has 0 aliphatic carbocycles. The minimum atomic E-state index is -0.107. The van der Waals surface area contributed by atoms with Gasteiger partial charge in [-0.1, -0.05) is 71.7 Å². The van der Waals surface area contributed by atoms with E-state index in [1.54, 1.807) is 30.0 Å². The second kappa shape index (κ2) is 9.12. The molecule has 1 aliphatic rings. The van der Waals surface area contributed by atoms with E-state index in [1.807, 2.05) is 59.5 Å². The first-order valence-electron chi connectivity index (χ1n) is 9.27. The molecule has 4 rings (SSSR count). The van der Waals surface area contributed by atoms with Gasteiger partial charge in [-0.25, -0.2) is 0 Å². The topological polar surface area (TPSA) is 29.5 Å². The highest BCUT2D eigenvalue weighted by atomic mass is 35.5. The lowest BCUT2D eigenvalue weighted by molar-refractivity contribution is 0.0759. The lowest BCUT2D eigenvalue weighted by Gasteiger charge is -2.26. The molecule has 1 atom stereocenters. The summed E-state index contributed by atoms with van der Waals surface area (Å²) in [5.41, 5.74) is 2.64. The Balaban J connectivity index is 1.57. The average molecular weight is 444 g/mol. The van der Waals surface area contributed by atoms with Crippen LogP contribution in [0.15, 0.2) is 72.8 Å². The molecule has 6 heteroatoms. The predicted octanol–water partition coefficient (Wildman–Crippen LogP) is 6.46. The minimum Gasteiger partial charge on any atom is -0.489 e. The van der Waals surface area contributed by atoms with Gasteiger partial charge in [-0.2, -0.15) is 0 Å². The molecule has 0 N–H and O–H groups in total. The summed E-state index contributed by atoms with van der Waals surface area (Å²) in [6.45, 7) is 1.15. The van der Waals surface area contributed by atoms with Gasteiger partial charge < -0.3 is 9.64 Å². The summed E-state index contributed by atoms with van der Waals surface area (Å²) in [6.07, 6.45) is 0. The highest BCUT2D eigenvalue weighted by Gasteiger charge is 2.33. The molecule has 148 valence electrons. The lowest BCUT2D eigenvalue weighted by atomic mass is 10.1. The summed E-state index contributed by atoms with van der Waals surface area (Å²) in [7, 11) is 0. The van der Waals surface area contributed by atoms with Gasteiger partial charge in [0.25, 0.3) is 5.91 Å². The van der Waals surface area contributed by atoms with Crippen molar-refractivity contribution in [2.45, 2.75) is 12.0 Å². The SMILES string of the molecule is O=C(c1ccc(Cl)c(Cl)c1)N1CCSC1c1ccccc1OCc1ccccc1. The number of halogens is 2. The highest BCUT2D eigenvalue weighted by molar-refractivity contribution is 7.99. The Bertz CT molecular complexity index is 1010. The molecular formula is C23H19Cl2NO2S. The molecule has 0 bridgehead atoms. The molecule has 0 aromatic heterocycles. The zero-order valence-electron chi connectivity index (χ0n) is 15.6. The number of nitrogens with zero attached hydrogens (tertiary/aromatic N) is 1. The fourth-order valence-corrected chi connectivity index (χ4v) is 4.86. The van der Waals surface area contributed by atoms with Crippen molar-refractivity contribution in [2.24, 2.45) is 0 Å². The first kappa shape index (κ1) is 20.1. The molecular weight excluding hydrogens is 425 g/mol. The number of carbonyl (C=O) groups is 1. The van der Waals surface area contributed by atoms with Gasteiger partial charge in [0.05, 0.1) is 10.0 Å². The summed E-state index contributed by atoms with van der Waals surface area (Å²) >= 11 is 13.8. The molecule has 3 aromatic rings. The molecule has 0 radical (unpaired) electrons. The normalized spacial score (nSPS) is 16.1. The van der Waals surface area contributed by atoms with Crippen LogP contribution < -0.4 is 4.74 Å². The quantitative estimate of drug-likeness (QED) is 0.452. The van der Waals surface area contributed by atoms with E-state index in [4.69, 9.17) is 27.9 Å². The maximum atomic E-state index is 13.2.